The van der Waals surface area contributed by atoms with Crippen LogP contribution in [0.25, 0.3) is 0 Å². The second kappa shape index (κ2) is 55.3. The summed E-state index contributed by atoms with van der Waals surface area (Å²) < 4.78 is 67.4. The number of esters is 4. The van der Waals surface area contributed by atoms with Gasteiger partial charge in [0.25, 0.3) is 0 Å². The van der Waals surface area contributed by atoms with Crippen LogP contribution in [-0.4, -0.2) is 96.7 Å². The van der Waals surface area contributed by atoms with Gasteiger partial charge in [-0.05, 0) is 25.7 Å². The summed E-state index contributed by atoms with van der Waals surface area (Å²) in [6.07, 6.45) is 39.9. The zero-order valence-electron chi connectivity index (χ0n) is 50.3. The lowest BCUT2D eigenvalue weighted by atomic mass is 10.0. The topological polar surface area (TPSA) is 237 Å². The van der Waals surface area contributed by atoms with Crippen LogP contribution in [0.15, 0.2) is 0 Å². The summed E-state index contributed by atoms with van der Waals surface area (Å²) in [6, 6.07) is 0. The van der Waals surface area contributed by atoms with E-state index in [2.05, 4.69) is 27.7 Å². The zero-order chi connectivity index (χ0) is 58.3. The predicted molar refractivity (Wildman–Crippen MR) is 312 cm³/mol. The molecular weight excluding hydrogens is 1050 g/mol. The zero-order valence-corrected chi connectivity index (χ0v) is 52.1. The van der Waals surface area contributed by atoms with Crippen LogP contribution in [0.1, 0.15) is 304 Å². The highest BCUT2D eigenvalue weighted by Gasteiger charge is 2.30. The van der Waals surface area contributed by atoms with Crippen molar-refractivity contribution in [3.8, 4) is 0 Å². The van der Waals surface area contributed by atoms with E-state index in [1.54, 1.807) is 0 Å². The van der Waals surface area contributed by atoms with E-state index in [0.717, 1.165) is 96.3 Å². The van der Waals surface area contributed by atoms with Crippen molar-refractivity contribution in [3.63, 3.8) is 0 Å². The van der Waals surface area contributed by atoms with Gasteiger partial charge in [-0.2, -0.15) is 0 Å². The number of aliphatic hydroxyl groups excluding tert-OH is 1. The molecule has 0 spiro atoms. The molecule has 468 valence electrons. The molecule has 0 aliphatic rings. The monoisotopic (exact) mass is 1170 g/mol. The molecule has 0 heterocycles. The highest BCUT2D eigenvalue weighted by Crippen LogP contribution is 2.45. The Morgan fingerprint density at radius 2 is 0.506 bits per heavy atom. The van der Waals surface area contributed by atoms with Crippen molar-refractivity contribution in [2.45, 2.75) is 322 Å². The molecule has 0 aromatic rings. The fourth-order valence-electron chi connectivity index (χ4n) is 8.93. The predicted octanol–water partition coefficient (Wildman–Crippen LogP) is 16.4. The van der Waals surface area contributed by atoms with E-state index in [1.165, 1.54) is 128 Å². The first-order valence-electron chi connectivity index (χ1n) is 31.8. The Morgan fingerprint density at radius 3 is 0.747 bits per heavy atom. The number of phosphoric ester groups is 2. The first kappa shape index (κ1) is 77.1. The maximum atomic E-state index is 12.9. The minimum Gasteiger partial charge on any atom is -0.462 e. The standard InChI is InChI=1S/C60H116O17P2/c1-5-9-13-17-19-21-23-24-25-26-27-28-29-30-31-33-35-39-43-47-60(65)77-56(51-71-58(63)45-41-38-34-32-22-20-18-14-10-6-2)53-75-79(68,69)73-49-54(61)48-72-78(66,67)74-52-55(76-59(64)46-42-37-16-12-8-4)50-70-57(62)44-40-36-15-11-7-3/h54-56,61H,5-53H2,1-4H3,(H,66,67)(H,68,69)/t54-,55+,56+/m0/s1. The molecule has 0 aliphatic carbocycles. The molecule has 0 aromatic carbocycles. The number of hydrogen-bond acceptors (Lipinski definition) is 15. The summed E-state index contributed by atoms with van der Waals surface area (Å²) in [4.78, 5) is 71.4. The lowest BCUT2D eigenvalue weighted by Crippen LogP contribution is -2.30. The van der Waals surface area contributed by atoms with Crippen LogP contribution in [0.5, 0.6) is 0 Å². The molecule has 0 saturated heterocycles. The SMILES string of the molecule is CCCCCCCCCCCCCCCCCCCCCC(=O)O[C@H](COC(=O)CCCCCCCCCCCC)COP(=O)(O)OC[C@@H](O)COP(=O)(O)OC[C@@H](COC(=O)CCCCCCC)OC(=O)CCCCCCC. The van der Waals surface area contributed by atoms with E-state index in [0.29, 0.717) is 25.7 Å². The smallest absolute Gasteiger partial charge is 0.462 e. The van der Waals surface area contributed by atoms with Gasteiger partial charge in [0.1, 0.15) is 19.3 Å². The number of unbranched alkanes of at least 4 members (excludes halogenated alkanes) is 35. The Hall–Kier alpha value is -1.94. The Morgan fingerprint density at radius 1 is 0.304 bits per heavy atom. The largest absolute Gasteiger partial charge is 0.472 e. The van der Waals surface area contributed by atoms with Crippen LogP contribution in [0, 0.1) is 0 Å². The summed E-state index contributed by atoms with van der Waals surface area (Å²) in [5, 5.41) is 10.5. The minimum absolute atomic E-state index is 0.0991. The van der Waals surface area contributed by atoms with Crippen LogP contribution in [0.4, 0.5) is 0 Å². The van der Waals surface area contributed by atoms with Gasteiger partial charge in [-0.3, -0.25) is 37.3 Å². The number of hydrogen-bond donors (Lipinski definition) is 3. The molecule has 0 saturated carbocycles. The van der Waals surface area contributed by atoms with Crippen LogP contribution in [0.2, 0.25) is 0 Å². The van der Waals surface area contributed by atoms with Crippen LogP contribution >= 0.6 is 15.6 Å². The van der Waals surface area contributed by atoms with E-state index < -0.39 is 97.5 Å². The van der Waals surface area contributed by atoms with Crippen molar-refractivity contribution in [3.05, 3.63) is 0 Å². The lowest BCUT2D eigenvalue weighted by Gasteiger charge is -2.21. The maximum Gasteiger partial charge on any atom is 0.472 e. The lowest BCUT2D eigenvalue weighted by molar-refractivity contribution is -0.161. The first-order chi connectivity index (χ1) is 38.2. The summed E-state index contributed by atoms with van der Waals surface area (Å²) in [6.45, 7) is 4.67. The molecule has 0 rings (SSSR count). The third-order valence-corrected chi connectivity index (χ3v) is 15.8. The molecule has 0 aliphatic heterocycles. The molecule has 17 nitrogen and oxygen atoms in total. The highest BCUT2D eigenvalue weighted by atomic mass is 31.2. The van der Waals surface area contributed by atoms with Gasteiger partial charge in [0.15, 0.2) is 12.2 Å². The average molecular weight is 1170 g/mol. The molecule has 0 fully saturated rings. The van der Waals surface area contributed by atoms with Gasteiger partial charge in [-0.25, -0.2) is 9.13 Å². The molecule has 0 radical (unpaired) electrons. The third kappa shape index (κ3) is 55.0. The van der Waals surface area contributed by atoms with E-state index in [4.69, 9.17) is 37.0 Å². The van der Waals surface area contributed by atoms with Crippen molar-refractivity contribution in [1.29, 1.82) is 0 Å². The van der Waals surface area contributed by atoms with Gasteiger partial charge in [0.05, 0.1) is 26.4 Å². The molecular formula is C60H116O17P2. The van der Waals surface area contributed by atoms with Gasteiger partial charge in [0, 0.05) is 25.7 Å². The van der Waals surface area contributed by atoms with Crippen LogP contribution in [0.3, 0.4) is 0 Å². The summed E-state index contributed by atoms with van der Waals surface area (Å²) in [5.74, 6) is -2.16. The second-order valence-corrected chi connectivity index (χ2v) is 24.6. The molecule has 0 bridgehead atoms. The van der Waals surface area contributed by atoms with Crippen LogP contribution in [-0.2, 0) is 65.4 Å². The summed E-state index contributed by atoms with van der Waals surface area (Å²) >= 11 is 0. The molecule has 19 heteroatoms. The molecule has 5 atom stereocenters. The van der Waals surface area contributed by atoms with Gasteiger partial charge >= 0.3 is 39.5 Å². The van der Waals surface area contributed by atoms with Gasteiger partial charge in [-0.15, -0.1) is 0 Å². The fourth-order valence-corrected chi connectivity index (χ4v) is 10.5. The Bertz CT molecular complexity index is 1540. The summed E-state index contributed by atoms with van der Waals surface area (Å²) in [5.41, 5.74) is 0. The number of ether oxygens (including phenoxy) is 4. The minimum atomic E-state index is -4.94. The molecule has 0 aromatic heterocycles. The molecule has 3 N–H and O–H groups in total. The van der Waals surface area contributed by atoms with Gasteiger partial charge in [-0.1, -0.05) is 252 Å². The Kier molecular flexibility index (Phi) is 53.9. The molecule has 79 heavy (non-hydrogen) atoms. The number of carbonyl (C=O) groups is 4. The number of rotatable bonds is 61. The van der Waals surface area contributed by atoms with E-state index in [1.807, 2.05) is 0 Å². The van der Waals surface area contributed by atoms with Gasteiger partial charge in [0.2, 0.25) is 0 Å². The number of aliphatic hydroxyl groups is 1. The Balaban J connectivity index is 5.04. The number of carbonyl (C=O) groups excluding carboxylic acids is 4. The maximum absolute atomic E-state index is 12.9. The van der Waals surface area contributed by atoms with Crippen molar-refractivity contribution in [2.24, 2.45) is 0 Å². The highest BCUT2D eigenvalue weighted by molar-refractivity contribution is 7.47. The summed E-state index contributed by atoms with van der Waals surface area (Å²) in [7, 11) is -9.86. The van der Waals surface area contributed by atoms with Crippen molar-refractivity contribution in [2.75, 3.05) is 39.6 Å². The normalized spacial score (nSPS) is 14.3. The van der Waals surface area contributed by atoms with E-state index >= 15 is 0 Å². The Labute approximate surface area is 479 Å². The second-order valence-electron chi connectivity index (χ2n) is 21.7. The molecule has 2 unspecified atom stereocenters. The molecule has 0 amide bonds. The van der Waals surface area contributed by atoms with E-state index in [-0.39, 0.29) is 25.7 Å². The average Bonchev–Trinajstić information content (AvgIpc) is 3.42. The third-order valence-electron chi connectivity index (χ3n) is 13.9. The van der Waals surface area contributed by atoms with E-state index in [9.17, 15) is 43.2 Å². The van der Waals surface area contributed by atoms with Crippen molar-refractivity contribution >= 4 is 39.5 Å². The van der Waals surface area contributed by atoms with Crippen molar-refractivity contribution < 1.29 is 80.2 Å². The first-order valence-corrected chi connectivity index (χ1v) is 34.8. The number of phosphoric acid groups is 2. The fraction of sp³-hybridized carbons (Fsp3) is 0.933. The van der Waals surface area contributed by atoms with Crippen LogP contribution < -0.4 is 0 Å². The van der Waals surface area contributed by atoms with Gasteiger partial charge < -0.3 is 33.8 Å². The van der Waals surface area contributed by atoms with Crippen molar-refractivity contribution in [1.82, 2.24) is 0 Å². The quantitative estimate of drug-likeness (QED) is 0.0222.